The van der Waals surface area contributed by atoms with Crippen molar-refractivity contribution in [2.45, 2.75) is 163 Å². The summed E-state index contributed by atoms with van der Waals surface area (Å²) in [5, 5.41) is 9.50. The van der Waals surface area contributed by atoms with E-state index in [9.17, 15) is 0 Å². The van der Waals surface area contributed by atoms with E-state index in [4.69, 9.17) is 8.83 Å². The quantitative estimate of drug-likeness (QED) is 0.0901. The van der Waals surface area contributed by atoms with Crippen molar-refractivity contribution in [3.05, 3.63) is 347 Å². The number of para-hydroxylation sites is 4. The zero-order valence-corrected chi connectivity index (χ0v) is 67.4. The average molecular weight is 1430 g/mol. The van der Waals surface area contributed by atoms with Gasteiger partial charge in [-0.15, -0.1) is 0 Å². The molecule has 108 heavy (non-hydrogen) atoms. The number of fused-ring (bicyclic) bond motifs is 11. The largest absolute Gasteiger partial charge is 0.454 e. The average Bonchev–Trinajstić information content (AvgIpc) is 1.50. The second kappa shape index (κ2) is 26.0. The van der Waals surface area contributed by atoms with E-state index in [1.165, 1.54) is 54.1 Å². The van der Waals surface area contributed by atoms with Gasteiger partial charge in [-0.1, -0.05) is 343 Å². The van der Waals surface area contributed by atoms with Crippen LogP contribution in [0.1, 0.15) is 180 Å². The second-order valence-electron chi connectivity index (χ2n) is 36.6. The van der Waals surface area contributed by atoms with Gasteiger partial charge in [0.2, 0.25) is 0 Å². The van der Waals surface area contributed by atoms with Crippen LogP contribution < -0.4 is 30.5 Å². The lowest BCUT2D eigenvalue weighted by Gasteiger charge is -2.38. The van der Waals surface area contributed by atoms with Crippen molar-refractivity contribution >= 4 is 107 Å². The molecule has 0 atom stereocenters. The molecule has 16 rings (SSSR count). The van der Waals surface area contributed by atoms with E-state index >= 15 is 0 Å². The number of rotatable bonds is 12. The molecule has 0 saturated carbocycles. The molecule has 0 spiro atoms. The molecule has 4 nitrogen and oxygen atoms in total. The minimum absolute atomic E-state index is 0.0488. The lowest BCUT2D eigenvalue weighted by atomic mass is 9.67. The predicted molar refractivity (Wildman–Crippen MR) is 463 cm³/mol. The van der Waals surface area contributed by atoms with E-state index in [-0.39, 0.29) is 32.5 Å². The Morgan fingerprint density at radius 1 is 0.259 bits per heavy atom. The number of hydrogen-bond acceptors (Lipinski definition) is 4. The molecule has 1 aliphatic rings. The van der Waals surface area contributed by atoms with Gasteiger partial charge in [0.1, 0.15) is 11.2 Å². The van der Waals surface area contributed by atoms with Gasteiger partial charge in [-0.2, -0.15) is 0 Å². The Morgan fingerprint density at radius 3 is 0.796 bits per heavy atom. The lowest BCUT2D eigenvalue weighted by Crippen LogP contribution is -2.74. The van der Waals surface area contributed by atoms with Gasteiger partial charge < -0.3 is 18.6 Å². The maximum atomic E-state index is 7.64. The Morgan fingerprint density at radius 2 is 0.500 bits per heavy atom. The molecular weight excluding hydrogens is 1330 g/mol. The number of hydrogen-bond donors (Lipinski definition) is 0. The van der Waals surface area contributed by atoms with E-state index in [1.807, 2.05) is 0 Å². The lowest BCUT2D eigenvalue weighted by molar-refractivity contribution is 0.589. The molecule has 1 aliphatic carbocycles. The summed E-state index contributed by atoms with van der Waals surface area (Å²) in [5.74, 6) is 0. The molecule has 13 aromatic carbocycles. The number of furan rings is 2. The molecule has 15 aromatic rings. The summed E-state index contributed by atoms with van der Waals surface area (Å²) in [6.45, 7) is 41.7. The maximum absolute atomic E-state index is 7.64. The molecule has 540 valence electrons. The minimum Gasteiger partial charge on any atom is -0.454 e. The van der Waals surface area contributed by atoms with Crippen LogP contribution in [0.15, 0.2) is 300 Å². The Kier molecular flexibility index (Phi) is 17.2. The standard InChI is InChI=1S/C103H102N2O2Si/c1-97(2,3)67-37-39-73(40-38-67)103(74-51-63-82(64-52-74)108(79-57-45-70(46-58-79)100(10,11)12,80-59-47-71(48-60-80)101(13,14)15)81-61-49-72(50-62-81)102(16,17)18)85-65-87(104(75-29-21-19-22-30-75)77-53-41-68(42-54-77)98(4,5)6)95-91(83-33-25-27-35-89(83)106-95)93(85)94-86(103)66-88(96-92(94)84-34-26-28-36-90(84)107-96)105(76-31-23-20-24-32-76)78-55-43-69(44-56-78)99(7,8)9/h19-66H,1-18H3. The molecular formula is C103H102N2O2Si. The third kappa shape index (κ3) is 12.0. The van der Waals surface area contributed by atoms with Crippen molar-refractivity contribution < 1.29 is 8.83 Å². The molecule has 0 radical (unpaired) electrons. The maximum Gasteiger partial charge on any atom is 0.179 e. The summed E-state index contributed by atoms with van der Waals surface area (Å²) in [7, 11) is -3.27. The van der Waals surface area contributed by atoms with Crippen molar-refractivity contribution in [1.29, 1.82) is 0 Å². The Bertz CT molecular complexity index is 5480. The van der Waals surface area contributed by atoms with Crippen LogP contribution in [-0.4, -0.2) is 8.07 Å². The van der Waals surface area contributed by atoms with Crippen LogP contribution in [0.25, 0.3) is 55.0 Å². The Labute approximate surface area is 641 Å². The first kappa shape index (κ1) is 71.5. The topological polar surface area (TPSA) is 32.8 Å². The van der Waals surface area contributed by atoms with Gasteiger partial charge >= 0.3 is 0 Å². The zero-order chi connectivity index (χ0) is 75.8. The first-order valence-corrected chi connectivity index (χ1v) is 40.8. The number of benzene rings is 13. The Balaban J connectivity index is 1.10. The van der Waals surface area contributed by atoms with Gasteiger partial charge in [0.15, 0.2) is 19.2 Å². The summed E-state index contributed by atoms with van der Waals surface area (Å²) >= 11 is 0. The van der Waals surface area contributed by atoms with Gasteiger partial charge in [-0.25, -0.2) is 0 Å². The third-order valence-corrected chi connectivity index (χ3v) is 28.1. The molecule has 2 heterocycles. The zero-order valence-electron chi connectivity index (χ0n) is 66.4. The highest BCUT2D eigenvalue weighted by Gasteiger charge is 2.52. The van der Waals surface area contributed by atoms with Crippen LogP contribution in [-0.2, 0) is 37.9 Å². The van der Waals surface area contributed by atoms with E-state index in [0.29, 0.717) is 0 Å². The van der Waals surface area contributed by atoms with E-state index in [2.05, 4.69) is 426 Å². The van der Waals surface area contributed by atoms with Crippen molar-refractivity contribution in [2.75, 3.05) is 9.80 Å². The highest BCUT2D eigenvalue weighted by molar-refractivity contribution is 7.19. The molecule has 0 saturated heterocycles. The van der Waals surface area contributed by atoms with Crippen molar-refractivity contribution in [3.63, 3.8) is 0 Å². The van der Waals surface area contributed by atoms with Crippen LogP contribution in [0.3, 0.4) is 0 Å². The molecule has 0 fully saturated rings. The van der Waals surface area contributed by atoms with Gasteiger partial charge in [0, 0.05) is 44.3 Å². The minimum atomic E-state index is -3.27. The van der Waals surface area contributed by atoms with Crippen molar-refractivity contribution in [3.8, 4) is 11.1 Å². The number of anilines is 6. The van der Waals surface area contributed by atoms with E-state index < -0.39 is 13.5 Å². The SMILES string of the molecule is CC(C)(C)c1ccc(N(c2ccccc2)c2cc3c(c4c2oc2ccccc24)-c2c(cc(N(c4ccccc4)c4ccc(C(C)(C)C)cc4)c4oc5ccccc5c24)C3(c2ccc(C(C)(C)C)cc2)c2ccc([Si](c3ccc(C(C)(C)C)cc3)(c3ccc(C(C)(C)C)cc3)c3ccc(C(C)(C)C)cc3)cc2)cc1. The molecule has 5 heteroatoms. The number of nitrogens with zero attached hydrogens (tertiary/aromatic N) is 2. The summed E-state index contributed by atoms with van der Waals surface area (Å²) < 4.78 is 15.3. The monoisotopic (exact) mass is 1430 g/mol. The fourth-order valence-corrected chi connectivity index (χ4v) is 21.9. The molecule has 2 aromatic heterocycles. The first-order valence-electron chi connectivity index (χ1n) is 38.8. The van der Waals surface area contributed by atoms with Crippen LogP contribution in [0.2, 0.25) is 0 Å². The second-order valence-corrected chi connectivity index (χ2v) is 40.4. The van der Waals surface area contributed by atoms with Gasteiger partial charge in [0.05, 0.1) is 16.8 Å². The molecule has 0 unspecified atom stereocenters. The van der Waals surface area contributed by atoms with Crippen LogP contribution in [0, 0.1) is 0 Å². The van der Waals surface area contributed by atoms with Gasteiger partial charge in [-0.05, 0) is 193 Å². The fourth-order valence-electron chi connectivity index (χ4n) is 17.2. The summed E-state index contributed by atoms with van der Waals surface area (Å²) in [6, 6.07) is 112. The molecule has 0 aliphatic heterocycles. The van der Waals surface area contributed by atoms with Gasteiger partial charge in [0.25, 0.3) is 0 Å². The molecule has 0 N–H and O–H groups in total. The van der Waals surface area contributed by atoms with Crippen molar-refractivity contribution in [1.82, 2.24) is 0 Å². The van der Waals surface area contributed by atoms with Crippen LogP contribution in [0.4, 0.5) is 34.1 Å². The third-order valence-electron chi connectivity index (χ3n) is 23.3. The summed E-state index contributed by atoms with van der Waals surface area (Å²) in [5.41, 5.74) is 22.3. The summed E-state index contributed by atoms with van der Waals surface area (Å²) in [6.07, 6.45) is 0. The van der Waals surface area contributed by atoms with Crippen LogP contribution >= 0.6 is 0 Å². The molecule has 0 bridgehead atoms. The highest BCUT2D eigenvalue weighted by atomic mass is 28.3. The fraction of sp³-hybridized carbons (Fsp3) is 0.243. The Hall–Kier alpha value is -10.7. The van der Waals surface area contributed by atoms with Crippen molar-refractivity contribution in [2.24, 2.45) is 0 Å². The van der Waals surface area contributed by atoms with E-state index in [0.717, 1.165) is 111 Å². The highest BCUT2D eigenvalue weighted by Crippen LogP contribution is 2.65. The normalized spacial score (nSPS) is 13.5. The molecule has 0 amide bonds. The van der Waals surface area contributed by atoms with Crippen LogP contribution in [0.5, 0.6) is 0 Å². The van der Waals surface area contributed by atoms with E-state index in [1.54, 1.807) is 0 Å². The summed E-state index contributed by atoms with van der Waals surface area (Å²) in [4.78, 5) is 4.90. The first-order chi connectivity index (χ1) is 51.3. The van der Waals surface area contributed by atoms with Gasteiger partial charge in [-0.3, -0.25) is 0 Å². The smallest absolute Gasteiger partial charge is 0.179 e. The predicted octanol–water partition coefficient (Wildman–Crippen LogP) is 26.0.